The van der Waals surface area contributed by atoms with Gasteiger partial charge in [0.2, 0.25) is 15.9 Å². The number of anilines is 1. The topological polar surface area (TPSA) is 57.7 Å². The summed E-state index contributed by atoms with van der Waals surface area (Å²) in [6.45, 7) is 9.14. The van der Waals surface area contributed by atoms with Crippen LogP contribution in [0.25, 0.3) is 0 Å². The van der Waals surface area contributed by atoms with E-state index in [1.54, 1.807) is 23.1 Å². The lowest BCUT2D eigenvalue weighted by Crippen LogP contribution is -2.33. The van der Waals surface area contributed by atoms with E-state index in [1.165, 1.54) is 4.31 Å². The van der Waals surface area contributed by atoms with Crippen molar-refractivity contribution in [1.82, 2.24) is 4.31 Å². The minimum Gasteiger partial charge on any atom is -0.312 e. The second-order valence-corrected chi connectivity index (χ2v) is 7.87. The molecule has 0 aromatic heterocycles. The van der Waals surface area contributed by atoms with Gasteiger partial charge in [-0.2, -0.15) is 4.31 Å². The van der Waals surface area contributed by atoms with Gasteiger partial charge in [0.1, 0.15) is 0 Å². The van der Waals surface area contributed by atoms with Crippen molar-refractivity contribution in [2.24, 2.45) is 5.92 Å². The Hall–Kier alpha value is -1.40. The number of benzene rings is 1. The molecule has 6 heteroatoms. The van der Waals surface area contributed by atoms with Crippen LogP contribution in [0.4, 0.5) is 5.69 Å². The average Bonchev–Trinajstić information content (AvgIpc) is 2.97. The van der Waals surface area contributed by atoms with Gasteiger partial charge in [0.15, 0.2) is 0 Å². The fourth-order valence-corrected chi connectivity index (χ4v) is 4.43. The third-order valence-corrected chi connectivity index (χ3v) is 6.64. The van der Waals surface area contributed by atoms with Crippen LogP contribution in [0.15, 0.2) is 23.1 Å². The Morgan fingerprint density at radius 3 is 2.48 bits per heavy atom. The molecule has 0 aliphatic carbocycles. The summed E-state index contributed by atoms with van der Waals surface area (Å²) >= 11 is 0. The molecular formula is C17H26N2O3S. The van der Waals surface area contributed by atoms with Gasteiger partial charge in [-0.25, -0.2) is 8.42 Å². The van der Waals surface area contributed by atoms with Gasteiger partial charge >= 0.3 is 0 Å². The highest BCUT2D eigenvalue weighted by atomic mass is 32.2. The summed E-state index contributed by atoms with van der Waals surface area (Å²) in [6, 6.07) is 5.13. The fourth-order valence-electron chi connectivity index (χ4n) is 2.92. The molecule has 0 bridgehead atoms. The van der Waals surface area contributed by atoms with E-state index in [0.717, 1.165) is 17.7 Å². The van der Waals surface area contributed by atoms with Gasteiger partial charge in [-0.05, 0) is 36.6 Å². The Kier molecular flexibility index (Phi) is 5.47. The van der Waals surface area contributed by atoms with E-state index in [2.05, 4.69) is 0 Å². The molecule has 0 saturated heterocycles. The van der Waals surface area contributed by atoms with Crippen molar-refractivity contribution < 1.29 is 13.2 Å². The van der Waals surface area contributed by atoms with Crippen molar-refractivity contribution in [3.63, 3.8) is 0 Å². The molecule has 1 amide bonds. The molecule has 23 heavy (non-hydrogen) atoms. The van der Waals surface area contributed by atoms with Crippen LogP contribution < -0.4 is 4.90 Å². The molecule has 1 unspecified atom stereocenters. The monoisotopic (exact) mass is 338 g/mol. The van der Waals surface area contributed by atoms with Gasteiger partial charge < -0.3 is 4.90 Å². The maximum absolute atomic E-state index is 12.6. The molecule has 0 N–H and O–H groups in total. The van der Waals surface area contributed by atoms with Crippen LogP contribution in [-0.4, -0.2) is 38.3 Å². The molecule has 1 aromatic rings. The van der Waals surface area contributed by atoms with Gasteiger partial charge in [-0.15, -0.1) is 0 Å². The third-order valence-electron chi connectivity index (χ3n) is 4.59. The lowest BCUT2D eigenvalue weighted by atomic mass is 10.1. The predicted octanol–water partition coefficient (Wildman–Crippen LogP) is 2.65. The summed E-state index contributed by atoms with van der Waals surface area (Å²) in [5.74, 6) is 0.102. The van der Waals surface area contributed by atoms with E-state index in [4.69, 9.17) is 0 Å². The smallest absolute Gasteiger partial charge is 0.243 e. The van der Waals surface area contributed by atoms with Gasteiger partial charge in [-0.3, -0.25) is 4.79 Å². The van der Waals surface area contributed by atoms with Crippen molar-refractivity contribution >= 4 is 21.6 Å². The lowest BCUT2D eigenvalue weighted by molar-refractivity contribution is -0.121. The van der Waals surface area contributed by atoms with E-state index in [0.29, 0.717) is 31.0 Å². The van der Waals surface area contributed by atoms with E-state index in [1.807, 2.05) is 27.7 Å². The summed E-state index contributed by atoms with van der Waals surface area (Å²) in [7, 11) is -3.45. The zero-order valence-electron chi connectivity index (χ0n) is 14.4. The quantitative estimate of drug-likeness (QED) is 0.801. The van der Waals surface area contributed by atoms with Crippen LogP contribution in [0.1, 0.15) is 39.7 Å². The van der Waals surface area contributed by atoms with Crippen LogP contribution in [0.2, 0.25) is 0 Å². The van der Waals surface area contributed by atoms with Crippen molar-refractivity contribution in [2.75, 3.05) is 24.5 Å². The molecule has 1 heterocycles. The molecule has 1 atom stereocenters. The summed E-state index contributed by atoms with van der Waals surface area (Å²) in [5, 5.41) is 0. The minimum absolute atomic E-state index is 0.0139. The first-order valence-corrected chi connectivity index (χ1v) is 9.75. The first-order chi connectivity index (χ1) is 10.9. The van der Waals surface area contributed by atoms with Gasteiger partial charge in [0.25, 0.3) is 0 Å². The summed E-state index contributed by atoms with van der Waals surface area (Å²) in [5.41, 5.74) is 1.80. The number of carbonyl (C=O) groups excluding carboxylic acids is 1. The molecule has 1 aliphatic rings. The Morgan fingerprint density at radius 1 is 1.26 bits per heavy atom. The number of hydrogen-bond acceptors (Lipinski definition) is 3. The number of amides is 1. The molecular weight excluding hydrogens is 312 g/mol. The molecule has 1 aliphatic heterocycles. The number of carbonyl (C=O) groups is 1. The van der Waals surface area contributed by atoms with E-state index < -0.39 is 10.0 Å². The maximum Gasteiger partial charge on any atom is 0.243 e. The normalized spacial score (nSPS) is 15.8. The van der Waals surface area contributed by atoms with Crippen molar-refractivity contribution in [2.45, 2.75) is 45.4 Å². The average molecular weight is 338 g/mol. The lowest BCUT2D eigenvalue weighted by Gasteiger charge is -2.22. The van der Waals surface area contributed by atoms with Crippen molar-refractivity contribution in [1.29, 1.82) is 0 Å². The fraction of sp³-hybridized carbons (Fsp3) is 0.588. The highest BCUT2D eigenvalue weighted by Gasteiger charge is 2.29. The zero-order valence-corrected chi connectivity index (χ0v) is 15.2. The van der Waals surface area contributed by atoms with Crippen molar-refractivity contribution in [3.8, 4) is 0 Å². The van der Waals surface area contributed by atoms with Gasteiger partial charge in [0, 0.05) is 31.2 Å². The number of nitrogens with zero attached hydrogens (tertiary/aromatic N) is 2. The van der Waals surface area contributed by atoms with Crippen molar-refractivity contribution in [3.05, 3.63) is 23.8 Å². The molecule has 2 rings (SSSR count). The number of sulfonamides is 1. The summed E-state index contributed by atoms with van der Waals surface area (Å²) in [4.78, 5) is 14.5. The first-order valence-electron chi connectivity index (χ1n) is 8.31. The van der Waals surface area contributed by atoms with E-state index >= 15 is 0 Å². The Balaban J connectivity index is 2.34. The largest absolute Gasteiger partial charge is 0.312 e. The van der Waals surface area contributed by atoms with Crippen LogP contribution in [0, 0.1) is 5.92 Å². The highest BCUT2D eigenvalue weighted by molar-refractivity contribution is 7.89. The number of rotatable bonds is 6. The number of hydrogen-bond donors (Lipinski definition) is 0. The molecule has 0 fully saturated rings. The van der Waals surface area contributed by atoms with Crippen LogP contribution in [-0.2, 0) is 21.2 Å². The standard InChI is InChI=1S/C17H26N2O3S/c1-5-13(4)17(20)19-11-10-14-12-15(8-9-16(14)19)23(21,22)18(6-2)7-3/h8-9,12-13H,5-7,10-11H2,1-4H3. The Morgan fingerprint density at radius 2 is 1.91 bits per heavy atom. The second-order valence-electron chi connectivity index (χ2n) is 5.93. The van der Waals surface area contributed by atoms with Crippen LogP contribution in [0.3, 0.4) is 0 Å². The molecule has 0 saturated carbocycles. The SMILES string of the molecule is CCC(C)C(=O)N1CCc2cc(S(=O)(=O)N(CC)CC)ccc21. The predicted molar refractivity (Wildman–Crippen MR) is 92.1 cm³/mol. The second kappa shape index (κ2) is 7.01. The Labute approximate surface area is 139 Å². The minimum atomic E-state index is -3.45. The number of fused-ring (bicyclic) bond motifs is 1. The third kappa shape index (κ3) is 3.28. The van der Waals surface area contributed by atoms with E-state index in [-0.39, 0.29) is 11.8 Å². The van der Waals surface area contributed by atoms with Crippen LogP contribution >= 0.6 is 0 Å². The summed E-state index contributed by atoms with van der Waals surface area (Å²) in [6.07, 6.45) is 1.51. The maximum atomic E-state index is 12.6. The molecule has 128 valence electrons. The molecule has 0 radical (unpaired) electrons. The van der Waals surface area contributed by atoms with E-state index in [9.17, 15) is 13.2 Å². The molecule has 1 aromatic carbocycles. The summed E-state index contributed by atoms with van der Waals surface area (Å²) < 4.78 is 26.7. The zero-order chi connectivity index (χ0) is 17.2. The molecule has 0 spiro atoms. The highest BCUT2D eigenvalue weighted by Crippen LogP contribution is 2.32. The van der Waals surface area contributed by atoms with Crippen LogP contribution in [0.5, 0.6) is 0 Å². The Bertz CT molecular complexity index is 681. The van der Waals surface area contributed by atoms with Gasteiger partial charge in [0.05, 0.1) is 4.90 Å². The first kappa shape index (κ1) is 17.9. The molecule has 5 nitrogen and oxygen atoms in total. The van der Waals surface area contributed by atoms with Gasteiger partial charge in [-0.1, -0.05) is 27.7 Å².